The number of rotatable bonds is 5. The van der Waals surface area contributed by atoms with Crippen LogP contribution < -0.4 is 5.32 Å². The van der Waals surface area contributed by atoms with Crippen molar-refractivity contribution in [3.63, 3.8) is 0 Å². The Labute approximate surface area is 126 Å². The first-order chi connectivity index (χ1) is 10.0. The fourth-order valence-corrected chi connectivity index (χ4v) is 2.61. The van der Waals surface area contributed by atoms with Crippen molar-refractivity contribution in [2.45, 2.75) is 18.9 Å². The minimum atomic E-state index is 0.0694. The van der Waals surface area contributed by atoms with Crippen LogP contribution in [-0.2, 0) is 11.2 Å². The van der Waals surface area contributed by atoms with E-state index in [1.807, 2.05) is 6.07 Å². The molecule has 1 aromatic carbocycles. The smallest absolute Gasteiger partial charge is 0.220 e. The Morgan fingerprint density at radius 3 is 2.95 bits per heavy atom. The lowest BCUT2D eigenvalue weighted by molar-refractivity contribution is -0.121. The maximum Gasteiger partial charge on any atom is 0.220 e. The van der Waals surface area contributed by atoms with Gasteiger partial charge in [-0.1, -0.05) is 12.1 Å². The fourth-order valence-electron chi connectivity index (χ4n) is 2.61. The van der Waals surface area contributed by atoms with Gasteiger partial charge in [-0.3, -0.25) is 9.69 Å². The number of phenols is 1. The van der Waals surface area contributed by atoms with Gasteiger partial charge in [-0.05, 0) is 38.2 Å². The van der Waals surface area contributed by atoms with Gasteiger partial charge in [0, 0.05) is 38.6 Å². The summed E-state index contributed by atoms with van der Waals surface area (Å²) in [7, 11) is 4.22. The molecule has 2 N–H and O–H groups in total. The molecule has 116 valence electrons. The Balaban J connectivity index is 1.72. The molecule has 0 saturated carbocycles. The third-order valence-corrected chi connectivity index (χ3v) is 4.07. The predicted octanol–water partition coefficient (Wildman–Crippen LogP) is 0.687. The molecule has 1 aliphatic rings. The first kappa shape index (κ1) is 15.8. The van der Waals surface area contributed by atoms with Gasteiger partial charge in [0.2, 0.25) is 5.91 Å². The molecule has 0 spiro atoms. The molecule has 5 heteroatoms. The van der Waals surface area contributed by atoms with Gasteiger partial charge in [0.15, 0.2) is 0 Å². The molecule has 5 nitrogen and oxygen atoms in total. The lowest BCUT2D eigenvalue weighted by Gasteiger charge is -2.37. The van der Waals surface area contributed by atoms with Gasteiger partial charge in [0.1, 0.15) is 5.75 Å². The second-order valence-corrected chi connectivity index (χ2v) is 5.87. The number of piperazine rings is 1. The third-order valence-electron chi connectivity index (χ3n) is 4.07. The lowest BCUT2D eigenvalue weighted by Crippen LogP contribution is -2.54. The van der Waals surface area contributed by atoms with E-state index in [0.717, 1.165) is 25.2 Å². The summed E-state index contributed by atoms with van der Waals surface area (Å²) >= 11 is 0. The SMILES string of the molecule is CN1CCN(C)[C@@H](CNC(=O)CCc2cccc(O)c2)C1. The number of phenolic OH excluding ortho intramolecular Hbond substituents is 1. The summed E-state index contributed by atoms with van der Waals surface area (Å²) in [5, 5.41) is 12.4. The summed E-state index contributed by atoms with van der Waals surface area (Å²) in [5.74, 6) is 0.319. The summed E-state index contributed by atoms with van der Waals surface area (Å²) in [4.78, 5) is 16.5. The fraction of sp³-hybridized carbons (Fsp3) is 0.562. The standard InChI is InChI=1S/C16H25N3O2/c1-18-8-9-19(2)14(12-18)11-17-16(21)7-6-13-4-3-5-15(20)10-13/h3-5,10,14,20H,6-9,11-12H2,1-2H3,(H,17,21)/t14-/m0/s1. The van der Waals surface area contributed by atoms with Gasteiger partial charge in [0.25, 0.3) is 0 Å². The number of amides is 1. The van der Waals surface area contributed by atoms with Crippen molar-refractivity contribution in [1.82, 2.24) is 15.1 Å². The highest BCUT2D eigenvalue weighted by Gasteiger charge is 2.22. The summed E-state index contributed by atoms with van der Waals surface area (Å²) in [6.45, 7) is 3.81. The van der Waals surface area contributed by atoms with Crippen LogP contribution in [0.5, 0.6) is 5.75 Å². The van der Waals surface area contributed by atoms with Crippen molar-refractivity contribution in [2.24, 2.45) is 0 Å². The molecule has 1 aromatic rings. The Morgan fingerprint density at radius 2 is 2.19 bits per heavy atom. The first-order valence-electron chi connectivity index (χ1n) is 7.48. The Hall–Kier alpha value is -1.59. The number of carbonyl (C=O) groups excluding carboxylic acids is 1. The number of aromatic hydroxyl groups is 1. The van der Waals surface area contributed by atoms with Crippen molar-refractivity contribution < 1.29 is 9.90 Å². The van der Waals surface area contributed by atoms with Crippen LogP contribution in [0.2, 0.25) is 0 Å². The third kappa shape index (κ3) is 5.02. The Bertz CT molecular complexity index is 478. The monoisotopic (exact) mass is 291 g/mol. The number of hydrogen-bond acceptors (Lipinski definition) is 4. The average Bonchev–Trinajstić information content (AvgIpc) is 2.46. The van der Waals surface area contributed by atoms with Crippen LogP contribution in [-0.4, -0.2) is 67.1 Å². The molecule has 1 heterocycles. The van der Waals surface area contributed by atoms with Crippen molar-refractivity contribution >= 4 is 5.91 Å². The quantitative estimate of drug-likeness (QED) is 0.838. The zero-order valence-corrected chi connectivity index (χ0v) is 12.9. The normalized spacial score (nSPS) is 20.4. The van der Waals surface area contributed by atoms with Gasteiger partial charge in [0.05, 0.1) is 0 Å². The van der Waals surface area contributed by atoms with E-state index in [-0.39, 0.29) is 11.7 Å². The number of hydrogen-bond donors (Lipinski definition) is 2. The topological polar surface area (TPSA) is 55.8 Å². The Kier molecular flexibility index (Phi) is 5.59. The number of carbonyl (C=O) groups is 1. The van der Waals surface area contributed by atoms with Crippen LogP contribution in [0.25, 0.3) is 0 Å². The molecule has 0 unspecified atom stereocenters. The van der Waals surface area contributed by atoms with Crippen LogP contribution in [0.3, 0.4) is 0 Å². The molecule has 1 aliphatic heterocycles. The van der Waals surface area contributed by atoms with Crippen molar-refractivity contribution in [3.8, 4) is 5.75 Å². The van der Waals surface area contributed by atoms with Gasteiger partial charge in [-0.2, -0.15) is 0 Å². The van der Waals surface area contributed by atoms with Gasteiger partial charge >= 0.3 is 0 Å². The minimum absolute atomic E-state index is 0.0694. The van der Waals surface area contributed by atoms with Crippen LogP contribution in [0.4, 0.5) is 0 Å². The van der Waals surface area contributed by atoms with E-state index in [9.17, 15) is 9.90 Å². The second kappa shape index (κ2) is 7.43. The highest BCUT2D eigenvalue weighted by molar-refractivity contribution is 5.76. The molecule has 1 saturated heterocycles. The molecule has 21 heavy (non-hydrogen) atoms. The summed E-state index contributed by atoms with van der Waals surface area (Å²) in [6.07, 6.45) is 1.11. The minimum Gasteiger partial charge on any atom is -0.508 e. The first-order valence-corrected chi connectivity index (χ1v) is 7.48. The van der Waals surface area contributed by atoms with E-state index >= 15 is 0 Å². The second-order valence-electron chi connectivity index (χ2n) is 5.87. The van der Waals surface area contributed by atoms with Crippen molar-refractivity contribution in [1.29, 1.82) is 0 Å². The molecule has 0 bridgehead atoms. The molecular formula is C16H25N3O2. The summed E-state index contributed by atoms with van der Waals surface area (Å²) < 4.78 is 0. The zero-order chi connectivity index (χ0) is 15.2. The summed E-state index contributed by atoms with van der Waals surface area (Å²) in [5.41, 5.74) is 0.986. The lowest BCUT2D eigenvalue weighted by atomic mass is 10.1. The number of benzene rings is 1. The van der Waals surface area contributed by atoms with E-state index in [1.165, 1.54) is 0 Å². The molecular weight excluding hydrogens is 266 g/mol. The number of likely N-dealkylation sites (N-methyl/N-ethyl adjacent to an activating group) is 2. The van der Waals surface area contributed by atoms with Crippen molar-refractivity contribution in [2.75, 3.05) is 40.3 Å². The average molecular weight is 291 g/mol. The molecule has 1 atom stereocenters. The van der Waals surface area contributed by atoms with Gasteiger partial charge in [-0.25, -0.2) is 0 Å². The molecule has 1 amide bonds. The number of aryl methyl sites for hydroxylation is 1. The van der Waals surface area contributed by atoms with E-state index < -0.39 is 0 Å². The number of nitrogens with one attached hydrogen (secondary N) is 1. The largest absolute Gasteiger partial charge is 0.508 e. The number of nitrogens with zero attached hydrogens (tertiary/aromatic N) is 2. The molecule has 0 aromatic heterocycles. The molecule has 0 aliphatic carbocycles. The van der Waals surface area contributed by atoms with Gasteiger partial charge < -0.3 is 15.3 Å². The highest BCUT2D eigenvalue weighted by atomic mass is 16.3. The van der Waals surface area contributed by atoms with Crippen molar-refractivity contribution in [3.05, 3.63) is 29.8 Å². The van der Waals surface area contributed by atoms with E-state index in [4.69, 9.17) is 0 Å². The maximum atomic E-state index is 11.9. The summed E-state index contributed by atoms with van der Waals surface area (Å²) in [6, 6.07) is 7.45. The highest BCUT2D eigenvalue weighted by Crippen LogP contribution is 2.12. The zero-order valence-electron chi connectivity index (χ0n) is 12.9. The molecule has 2 rings (SSSR count). The maximum absolute atomic E-state index is 11.9. The predicted molar refractivity (Wildman–Crippen MR) is 83.4 cm³/mol. The molecule has 1 fully saturated rings. The Morgan fingerprint density at radius 1 is 1.38 bits per heavy atom. The molecule has 0 radical (unpaired) electrons. The van der Waals surface area contributed by atoms with E-state index in [2.05, 4.69) is 29.2 Å². The van der Waals surface area contributed by atoms with E-state index in [0.29, 0.717) is 25.4 Å². The van der Waals surface area contributed by atoms with Gasteiger partial charge in [-0.15, -0.1) is 0 Å². The van der Waals surface area contributed by atoms with Crippen LogP contribution in [0.1, 0.15) is 12.0 Å². The van der Waals surface area contributed by atoms with Crippen LogP contribution in [0, 0.1) is 0 Å². The van der Waals surface area contributed by atoms with E-state index in [1.54, 1.807) is 18.2 Å². The van der Waals surface area contributed by atoms with Crippen LogP contribution in [0.15, 0.2) is 24.3 Å². The van der Waals surface area contributed by atoms with Crippen LogP contribution >= 0.6 is 0 Å².